The number of nitrogens with one attached hydrogen (secondary N) is 2. The van der Waals surface area contributed by atoms with Crippen molar-refractivity contribution in [2.45, 2.75) is 31.3 Å². The minimum Gasteiger partial charge on any atom is -0.454 e. The predicted octanol–water partition coefficient (Wildman–Crippen LogP) is 2.64. The van der Waals surface area contributed by atoms with Crippen molar-refractivity contribution in [1.82, 2.24) is 15.5 Å². The molecule has 1 aliphatic carbocycles. The average Bonchev–Trinajstić information content (AvgIpc) is 3.48. The van der Waals surface area contributed by atoms with Crippen molar-refractivity contribution in [2.75, 3.05) is 46.7 Å². The van der Waals surface area contributed by atoms with E-state index in [4.69, 9.17) is 14.2 Å². The topological polar surface area (TPSA) is 67.4 Å². The Labute approximate surface area is 189 Å². The number of aliphatic imine (C=N–C) groups is 1. The van der Waals surface area contributed by atoms with Crippen LogP contribution in [0.2, 0.25) is 0 Å². The summed E-state index contributed by atoms with van der Waals surface area (Å²) in [6.07, 6.45) is 2.33. The Morgan fingerprint density at radius 2 is 1.78 bits per heavy atom. The first-order valence-corrected chi connectivity index (χ1v) is 11.5. The summed E-state index contributed by atoms with van der Waals surface area (Å²) in [6, 6.07) is 15.0. The highest BCUT2D eigenvalue weighted by atomic mass is 16.7. The van der Waals surface area contributed by atoms with E-state index in [2.05, 4.69) is 56.9 Å². The van der Waals surface area contributed by atoms with Crippen LogP contribution in [0, 0.1) is 0 Å². The minimum absolute atomic E-state index is 0.146. The number of hydrogen-bond acceptors (Lipinski definition) is 5. The van der Waals surface area contributed by atoms with E-state index in [0.717, 1.165) is 63.4 Å². The van der Waals surface area contributed by atoms with E-state index in [1.54, 1.807) is 0 Å². The number of rotatable bonds is 7. The van der Waals surface area contributed by atoms with Crippen molar-refractivity contribution in [3.63, 3.8) is 0 Å². The zero-order valence-corrected chi connectivity index (χ0v) is 18.7. The van der Waals surface area contributed by atoms with Crippen molar-refractivity contribution in [1.29, 1.82) is 0 Å². The summed E-state index contributed by atoms with van der Waals surface area (Å²) in [5, 5.41) is 7.06. The number of guanidine groups is 1. The normalized spacial score (nSPS) is 19.6. The highest BCUT2D eigenvalue weighted by Gasteiger charge is 2.44. The van der Waals surface area contributed by atoms with Crippen molar-refractivity contribution >= 4 is 5.96 Å². The SMILES string of the molecule is CN=C(NCc1ccccc1CN1CCOCC1)NCC1(c2ccc3c(c2)OCO3)CC1. The molecule has 2 aromatic rings. The molecule has 2 aliphatic heterocycles. The summed E-state index contributed by atoms with van der Waals surface area (Å²) in [4.78, 5) is 6.91. The van der Waals surface area contributed by atoms with Crippen molar-refractivity contribution < 1.29 is 14.2 Å². The third-order valence-electron chi connectivity index (χ3n) is 6.72. The van der Waals surface area contributed by atoms with E-state index in [9.17, 15) is 0 Å². The summed E-state index contributed by atoms with van der Waals surface area (Å²) < 4.78 is 16.5. The number of benzene rings is 2. The third-order valence-corrected chi connectivity index (χ3v) is 6.72. The molecule has 32 heavy (non-hydrogen) atoms. The van der Waals surface area contributed by atoms with Crippen LogP contribution >= 0.6 is 0 Å². The summed E-state index contributed by atoms with van der Waals surface area (Å²) in [5.74, 6) is 2.53. The van der Waals surface area contributed by atoms with Gasteiger partial charge in [0.05, 0.1) is 13.2 Å². The molecule has 0 bridgehead atoms. The lowest BCUT2D eigenvalue weighted by Crippen LogP contribution is -2.41. The van der Waals surface area contributed by atoms with Gasteiger partial charge in [-0.1, -0.05) is 30.3 Å². The average molecular weight is 437 g/mol. The van der Waals surface area contributed by atoms with Gasteiger partial charge in [-0.3, -0.25) is 9.89 Å². The molecule has 0 radical (unpaired) electrons. The lowest BCUT2D eigenvalue weighted by atomic mass is 9.95. The number of morpholine rings is 1. The zero-order valence-electron chi connectivity index (χ0n) is 18.7. The number of nitrogens with zero attached hydrogens (tertiary/aromatic N) is 2. The zero-order chi connectivity index (χ0) is 21.8. The lowest BCUT2D eigenvalue weighted by molar-refractivity contribution is 0.0341. The van der Waals surface area contributed by atoms with Crippen LogP contribution in [0.5, 0.6) is 11.5 Å². The fourth-order valence-corrected chi connectivity index (χ4v) is 4.48. The molecule has 2 aromatic carbocycles. The maximum atomic E-state index is 5.57. The second-order valence-electron chi connectivity index (χ2n) is 8.78. The van der Waals surface area contributed by atoms with Gasteiger partial charge < -0.3 is 24.8 Å². The Morgan fingerprint density at radius 3 is 2.56 bits per heavy atom. The van der Waals surface area contributed by atoms with Gasteiger partial charge in [-0.15, -0.1) is 0 Å². The fourth-order valence-electron chi connectivity index (χ4n) is 4.48. The largest absolute Gasteiger partial charge is 0.454 e. The molecule has 0 spiro atoms. The van der Waals surface area contributed by atoms with E-state index in [0.29, 0.717) is 6.79 Å². The predicted molar refractivity (Wildman–Crippen MR) is 124 cm³/mol. The summed E-state index contributed by atoms with van der Waals surface area (Å²) >= 11 is 0. The molecular formula is C25H32N4O3. The Balaban J connectivity index is 1.17. The van der Waals surface area contributed by atoms with Gasteiger partial charge in [-0.25, -0.2) is 0 Å². The van der Waals surface area contributed by atoms with Crippen LogP contribution < -0.4 is 20.1 Å². The van der Waals surface area contributed by atoms with Crippen molar-refractivity contribution in [2.24, 2.45) is 4.99 Å². The van der Waals surface area contributed by atoms with Crippen LogP contribution in [-0.4, -0.2) is 57.5 Å². The number of ether oxygens (including phenoxy) is 3. The molecule has 0 amide bonds. The van der Waals surface area contributed by atoms with Gasteiger partial charge >= 0.3 is 0 Å². The molecule has 0 aromatic heterocycles. The summed E-state index contributed by atoms with van der Waals surface area (Å²) in [6.45, 7) is 6.50. The molecule has 1 saturated carbocycles. The van der Waals surface area contributed by atoms with Gasteiger partial charge in [-0.2, -0.15) is 0 Å². The van der Waals surface area contributed by atoms with E-state index in [1.165, 1.54) is 29.5 Å². The van der Waals surface area contributed by atoms with Gasteiger partial charge in [0, 0.05) is 45.2 Å². The molecule has 7 nitrogen and oxygen atoms in total. The van der Waals surface area contributed by atoms with Gasteiger partial charge in [0.1, 0.15) is 0 Å². The van der Waals surface area contributed by atoms with Gasteiger partial charge in [0.25, 0.3) is 0 Å². The van der Waals surface area contributed by atoms with Crippen LogP contribution in [0.1, 0.15) is 29.5 Å². The smallest absolute Gasteiger partial charge is 0.231 e. The quantitative estimate of drug-likeness (QED) is 0.514. The monoisotopic (exact) mass is 436 g/mol. The van der Waals surface area contributed by atoms with E-state index >= 15 is 0 Å². The number of fused-ring (bicyclic) bond motifs is 1. The second kappa shape index (κ2) is 9.38. The van der Waals surface area contributed by atoms with Gasteiger partial charge in [0.15, 0.2) is 17.5 Å². The lowest BCUT2D eigenvalue weighted by Gasteiger charge is -2.27. The number of hydrogen-bond donors (Lipinski definition) is 2. The molecule has 0 unspecified atom stereocenters. The van der Waals surface area contributed by atoms with Crippen LogP contribution in [-0.2, 0) is 23.2 Å². The molecule has 5 rings (SSSR count). The first kappa shape index (κ1) is 21.1. The maximum absolute atomic E-state index is 5.57. The molecule has 170 valence electrons. The second-order valence-corrected chi connectivity index (χ2v) is 8.78. The van der Waals surface area contributed by atoms with Crippen molar-refractivity contribution in [3.05, 3.63) is 59.2 Å². The molecule has 2 N–H and O–H groups in total. The molecule has 2 fully saturated rings. The van der Waals surface area contributed by atoms with Crippen LogP contribution in [0.15, 0.2) is 47.5 Å². The molecule has 3 aliphatic rings. The van der Waals surface area contributed by atoms with Crippen LogP contribution in [0.4, 0.5) is 0 Å². The highest BCUT2D eigenvalue weighted by molar-refractivity contribution is 5.79. The Hall–Kier alpha value is -2.77. The van der Waals surface area contributed by atoms with Crippen LogP contribution in [0.25, 0.3) is 0 Å². The molecule has 1 saturated heterocycles. The van der Waals surface area contributed by atoms with E-state index in [1.807, 2.05) is 13.1 Å². The molecule has 7 heteroatoms. The molecule has 0 atom stereocenters. The Bertz CT molecular complexity index is 967. The summed E-state index contributed by atoms with van der Waals surface area (Å²) in [5.41, 5.74) is 4.11. The first-order chi connectivity index (χ1) is 15.8. The van der Waals surface area contributed by atoms with Gasteiger partial charge in [0.2, 0.25) is 6.79 Å². The van der Waals surface area contributed by atoms with Crippen LogP contribution in [0.3, 0.4) is 0 Å². The standard InChI is InChI=1S/C25H32N4O3/c1-26-24(27-15-19-4-2-3-5-20(19)16-29-10-12-30-13-11-29)28-17-25(8-9-25)21-6-7-22-23(14-21)32-18-31-22/h2-7,14H,8-13,15-18H2,1H3,(H2,26,27,28). The van der Waals surface area contributed by atoms with E-state index in [-0.39, 0.29) is 5.41 Å². The molecular weight excluding hydrogens is 404 g/mol. The Morgan fingerprint density at radius 1 is 1.00 bits per heavy atom. The van der Waals surface area contributed by atoms with Gasteiger partial charge in [-0.05, 0) is 41.7 Å². The highest BCUT2D eigenvalue weighted by Crippen LogP contribution is 2.49. The maximum Gasteiger partial charge on any atom is 0.231 e. The minimum atomic E-state index is 0.146. The van der Waals surface area contributed by atoms with E-state index < -0.39 is 0 Å². The molecule has 2 heterocycles. The third kappa shape index (κ3) is 4.69. The summed E-state index contributed by atoms with van der Waals surface area (Å²) in [7, 11) is 1.83. The Kier molecular flexibility index (Phi) is 6.19. The first-order valence-electron chi connectivity index (χ1n) is 11.5. The fraction of sp³-hybridized carbons (Fsp3) is 0.480. The van der Waals surface area contributed by atoms with Crippen molar-refractivity contribution in [3.8, 4) is 11.5 Å².